The van der Waals surface area contributed by atoms with Crippen molar-refractivity contribution in [2.45, 2.75) is 45.7 Å². The Morgan fingerprint density at radius 1 is 1.16 bits per heavy atom. The number of fused-ring (bicyclic) bond motifs is 3. The van der Waals surface area contributed by atoms with E-state index in [2.05, 4.69) is 51.1 Å². The number of hydrogen-bond donors (Lipinski definition) is 1. The smallest absolute Gasteiger partial charge is 0.251 e. The van der Waals surface area contributed by atoms with Crippen molar-refractivity contribution in [3.05, 3.63) is 75.3 Å². The molecule has 0 unspecified atom stereocenters. The maximum Gasteiger partial charge on any atom is 0.251 e. The van der Waals surface area contributed by atoms with Gasteiger partial charge in [-0.2, -0.15) is 0 Å². The fourth-order valence-electron chi connectivity index (χ4n) is 3.97. The summed E-state index contributed by atoms with van der Waals surface area (Å²) in [5.74, 6) is 0.763. The van der Waals surface area contributed by atoms with Gasteiger partial charge in [0.05, 0.1) is 23.7 Å². The molecule has 3 aromatic rings. The first kappa shape index (κ1) is 22.4. The van der Waals surface area contributed by atoms with E-state index in [0.29, 0.717) is 18.7 Å². The summed E-state index contributed by atoms with van der Waals surface area (Å²) in [5, 5.41) is 6.99. The summed E-state index contributed by atoms with van der Waals surface area (Å²) in [6.07, 6.45) is 4.07. The van der Waals surface area contributed by atoms with Gasteiger partial charge in [-0.05, 0) is 86.2 Å². The number of nitrogens with one attached hydrogen (secondary N) is 1. The van der Waals surface area contributed by atoms with Crippen LogP contribution in [0.1, 0.15) is 56.9 Å². The second-order valence-electron chi connectivity index (χ2n) is 8.43. The van der Waals surface area contributed by atoms with E-state index in [-0.39, 0.29) is 5.91 Å². The average molecular weight is 451 g/mol. The predicted octanol–water partition coefficient (Wildman–Crippen LogP) is 4.36. The molecule has 1 amide bonds. The van der Waals surface area contributed by atoms with Crippen LogP contribution in [0, 0.1) is 6.92 Å². The minimum atomic E-state index is -0.102. The van der Waals surface area contributed by atoms with E-state index in [4.69, 9.17) is 4.74 Å². The molecule has 32 heavy (non-hydrogen) atoms. The molecule has 4 rings (SSSR count). The number of amides is 1. The van der Waals surface area contributed by atoms with Crippen LogP contribution >= 0.6 is 11.5 Å². The molecule has 0 radical (unpaired) electrons. The Balaban J connectivity index is 1.56. The van der Waals surface area contributed by atoms with Gasteiger partial charge in [0.2, 0.25) is 0 Å². The third-order valence-electron chi connectivity index (χ3n) is 5.76. The molecule has 1 aliphatic heterocycles. The molecular formula is C25H30N4O2S. The Morgan fingerprint density at radius 2 is 2.03 bits per heavy atom. The van der Waals surface area contributed by atoms with Gasteiger partial charge in [-0.25, -0.2) is 0 Å². The standard InChI is InChI=1S/C25H30N4O2S/c1-18-24(32-28-27-18)16-26-25(30)21-9-10-23-22(15-21)14-19-7-6-8-20(13-19)17-29(2)11-4-3-5-12-31-23/h6-10,13,15H,3-5,11-12,14,16-17H2,1-2H3,(H,26,30). The fraction of sp³-hybridized carbons (Fsp3) is 0.400. The topological polar surface area (TPSA) is 67.4 Å². The van der Waals surface area contributed by atoms with Crippen LogP contribution in [-0.4, -0.2) is 40.6 Å². The third kappa shape index (κ3) is 5.93. The lowest BCUT2D eigenvalue weighted by Crippen LogP contribution is -2.23. The molecule has 0 aliphatic carbocycles. The van der Waals surface area contributed by atoms with Crippen LogP contribution in [-0.2, 0) is 19.5 Å². The number of carbonyl (C=O) groups excluding carboxylic acids is 1. The number of aryl methyl sites for hydroxylation is 1. The lowest BCUT2D eigenvalue weighted by atomic mass is 9.99. The van der Waals surface area contributed by atoms with Crippen LogP contribution in [0.3, 0.4) is 0 Å². The fourth-order valence-corrected chi connectivity index (χ4v) is 4.54. The van der Waals surface area contributed by atoms with Crippen LogP contribution in [0.2, 0.25) is 0 Å². The number of aromatic nitrogens is 2. The van der Waals surface area contributed by atoms with Crippen molar-refractivity contribution in [3.8, 4) is 5.75 Å². The maximum atomic E-state index is 12.8. The zero-order chi connectivity index (χ0) is 22.3. The number of hydrogen-bond acceptors (Lipinski definition) is 6. The number of rotatable bonds is 3. The van der Waals surface area contributed by atoms with E-state index in [1.807, 2.05) is 25.1 Å². The Labute approximate surface area is 193 Å². The van der Waals surface area contributed by atoms with E-state index in [9.17, 15) is 4.79 Å². The van der Waals surface area contributed by atoms with Gasteiger partial charge in [0.1, 0.15) is 5.75 Å². The molecule has 1 aliphatic rings. The average Bonchev–Trinajstić information content (AvgIpc) is 3.19. The Bertz CT molecular complexity index is 1070. The molecule has 6 nitrogen and oxygen atoms in total. The number of carbonyl (C=O) groups is 1. The van der Waals surface area contributed by atoms with Crippen molar-refractivity contribution in [3.63, 3.8) is 0 Å². The lowest BCUT2D eigenvalue weighted by molar-refractivity contribution is 0.0951. The monoisotopic (exact) mass is 450 g/mol. The molecule has 0 spiro atoms. The molecule has 0 saturated carbocycles. The van der Waals surface area contributed by atoms with E-state index in [1.54, 1.807) is 0 Å². The predicted molar refractivity (Wildman–Crippen MR) is 127 cm³/mol. The van der Waals surface area contributed by atoms with Crippen LogP contribution < -0.4 is 10.1 Å². The largest absolute Gasteiger partial charge is 0.493 e. The molecule has 1 N–H and O–H groups in total. The van der Waals surface area contributed by atoms with Gasteiger partial charge < -0.3 is 15.0 Å². The van der Waals surface area contributed by atoms with Crippen LogP contribution in [0.4, 0.5) is 0 Å². The van der Waals surface area contributed by atoms with E-state index in [0.717, 1.165) is 54.2 Å². The molecule has 2 bridgehead atoms. The van der Waals surface area contributed by atoms with Gasteiger partial charge in [0, 0.05) is 18.5 Å². The number of nitrogens with zero attached hydrogens (tertiary/aromatic N) is 3. The van der Waals surface area contributed by atoms with Crippen molar-refractivity contribution < 1.29 is 9.53 Å². The summed E-state index contributed by atoms with van der Waals surface area (Å²) in [7, 11) is 2.18. The van der Waals surface area contributed by atoms with Gasteiger partial charge in [-0.3, -0.25) is 4.79 Å². The zero-order valence-corrected chi connectivity index (χ0v) is 19.6. The van der Waals surface area contributed by atoms with Crippen LogP contribution in [0.25, 0.3) is 0 Å². The highest BCUT2D eigenvalue weighted by Crippen LogP contribution is 2.25. The molecular weight excluding hydrogens is 420 g/mol. The minimum absolute atomic E-state index is 0.102. The third-order valence-corrected chi connectivity index (χ3v) is 6.58. The highest BCUT2D eigenvalue weighted by atomic mass is 32.1. The highest BCUT2D eigenvalue weighted by molar-refractivity contribution is 7.05. The molecule has 0 fully saturated rings. The summed E-state index contributed by atoms with van der Waals surface area (Å²) in [5.41, 5.74) is 5.07. The molecule has 0 saturated heterocycles. The molecule has 2 aromatic carbocycles. The first-order valence-corrected chi connectivity index (χ1v) is 11.9. The molecule has 168 valence electrons. The maximum absolute atomic E-state index is 12.8. The summed E-state index contributed by atoms with van der Waals surface area (Å²) in [6.45, 7) is 5.08. The van der Waals surface area contributed by atoms with E-state index >= 15 is 0 Å². The Kier molecular flexibility index (Phi) is 7.50. The first-order chi connectivity index (χ1) is 15.6. The SMILES string of the molecule is Cc1nnsc1CNC(=O)c1ccc2c(c1)Cc1cccc(c1)CN(C)CCCCCO2. The van der Waals surface area contributed by atoms with Gasteiger partial charge in [-0.1, -0.05) is 28.8 Å². The summed E-state index contributed by atoms with van der Waals surface area (Å²) >= 11 is 1.32. The van der Waals surface area contributed by atoms with Gasteiger partial charge in [-0.15, -0.1) is 5.10 Å². The van der Waals surface area contributed by atoms with E-state index < -0.39 is 0 Å². The Hall–Kier alpha value is -2.77. The highest BCUT2D eigenvalue weighted by Gasteiger charge is 2.14. The second-order valence-corrected chi connectivity index (χ2v) is 9.27. The zero-order valence-electron chi connectivity index (χ0n) is 18.8. The molecule has 1 aromatic heterocycles. The molecule has 2 heterocycles. The van der Waals surface area contributed by atoms with Gasteiger partial charge >= 0.3 is 0 Å². The van der Waals surface area contributed by atoms with E-state index in [1.165, 1.54) is 29.1 Å². The van der Waals surface area contributed by atoms with Crippen molar-refractivity contribution in [2.24, 2.45) is 0 Å². The minimum Gasteiger partial charge on any atom is -0.493 e. The first-order valence-electron chi connectivity index (χ1n) is 11.2. The van der Waals surface area contributed by atoms with Crippen molar-refractivity contribution >= 4 is 17.4 Å². The normalized spacial score (nSPS) is 15.3. The summed E-state index contributed by atoms with van der Waals surface area (Å²) in [6, 6.07) is 14.5. The Morgan fingerprint density at radius 3 is 2.88 bits per heavy atom. The molecule has 0 atom stereocenters. The van der Waals surface area contributed by atoms with Crippen LogP contribution in [0.15, 0.2) is 42.5 Å². The summed E-state index contributed by atoms with van der Waals surface area (Å²) < 4.78 is 10.1. The summed E-state index contributed by atoms with van der Waals surface area (Å²) in [4.78, 5) is 16.2. The lowest BCUT2D eigenvalue weighted by Gasteiger charge is -2.19. The van der Waals surface area contributed by atoms with Crippen molar-refractivity contribution in [2.75, 3.05) is 20.2 Å². The van der Waals surface area contributed by atoms with Crippen molar-refractivity contribution in [1.29, 1.82) is 0 Å². The number of benzene rings is 2. The molecule has 7 heteroatoms. The van der Waals surface area contributed by atoms with Gasteiger partial charge in [0.15, 0.2) is 0 Å². The second kappa shape index (κ2) is 10.7. The number of ether oxygens (including phenoxy) is 1. The quantitative estimate of drug-likeness (QED) is 0.642. The van der Waals surface area contributed by atoms with Gasteiger partial charge in [0.25, 0.3) is 5.91 Å². The van der Waals surface area contributed by atoms with Crippen LogP contribution in [0.5, 0.6) is 5.75 Å². The van der Waals surface area contributed by atoms with Crippen molar-refractivity contribution in [1.82, 2.24) is 19.8 Å².